The van der Waals surface area contributed by atoms with Crippen LogP contribution in [0.4, 0.5) is 0 Å². The second-order valence-corrected chi connectivity index (χ2v) is 8.70. The number of benzene rings is 3. The average Bonchev–Trinajstić information content (AvgIpc) is 3.33. The van der Waals surface area contributed by atoms with Crippen LogP contribution in [0.25, 0.3) is 10.9 Å². The number of aromatic nitrogens is 1. The molecule has 0 spiro atoms. The number of fused-ring (bicyclic) bond motifs is 4. The maximum absolute atomic E-state index is 10.1. The second-order valence-electron chi connectivity index (χ2n) is 7.47. The fraction of sp³-hybridized carbons (Fsp3) is 0.120. The molecule has 0 saturated carbocycles. The fourth-order valence-corrected chi connectivity index (χ4v) is 5.45. The standard InChI is InChI=1S/C25H17N2O2S.Pt/c28-20-10-4-6-15-11-12-22(26-23(15)20)29-18-8-3-7-17(13-18)25-27-24-19-9-2-1-5-16(19)14-21(24)30-25;/h1-12,21,24,28H,14H2;/q-1;/t21-,24-;/m1./s1. The van der Waals surface area contributed by atoms with Gasteiger partial charge in [0.05, 0.1) is 6.04 Å². The molecule has 0 amide bonds. The predicted octanol–water partition coefficient (Wildman–Crippen LogP) is 5.69. The number of aliphatic imine (C=N–C) groups is 1. The predicted molar refractivity (Wildman–Crippen MR) is 120 cm³/mol. The van der Waals surface area contributed by atoms with Crippen LogP contribution in [0.3, 0.4) is 0 Å². The number of hydrogen-bond donors (Lipinski definition) is 1. The minimum Gasteiger partial charge on any atom is -0.506 e. The topological polar surface area (TPSA) is 54.7 Å². The van der Waals surface area contributed by atoms with Gasteiger partial charge in [0.1, 0.15) is 11.3 Å². The van der Waals surface area contributed by atoms with E-state index in [2.05, 4.69) is 35.3 Å². The first-order chi connectivity index (χ1) is 14.7. The van der Waals surface area contributed by atoms with Crippen LogP contribution < -0.4 is 4.74 Å². The molecule has 1 N–H and O–H groups in total. The molecule has 2 heterocycles. The number of thioether (sulfide) groups is 1. The molecule has 2 atom stereocenters. The Balaban J connectivity index is 0.00000204. The molecule has 156 valence electrons. The van der Waals surface area contributed by atoms with Crippen molar-refractivity contribution in [3.63, 3.8) is 0 Å². The number of ether oxygens (including phenoxy) is 1. The number of hydrogen-bond acceptors (Lipinski definition) is 5. The molecule has 1 aliphatic heterocycles. The van der Waals surface area contributed by atoms with Crippen LogP contribution >= 0.6 is 11.8 Å². The number of phenols is 1. The molecule has 0 radical (unpaired) electrons. The SMILES string of the molecule is Oc1cccc2ccc(Oc3[c-]c(C4=N[C@@H]5c6ccccc6C[C@H]5S4)ccc3)nc12.[Pt]. The van der Waals surface area contributed by atoms with Gasteiger partial charge in [-0.1, -0.05) is 42.5 Å². The van der Waals surface area contributed by atoms with Crippen molar-refractivity contribution in [1.29, 1.82) is 0 Å². The van der Waals surface area contributed by atoms with E-state index in [-0.39, 0.29) is 32.9 Å². The van der Waals surface area contributed by atoms with E-state index in [4.69, 9.17) is 9.73 Å². The van der Waals surface area contributed by atoms with Crippen molar-refractivity contribution in [2.24, 2.45) is 4.99 Å². The van der Waals surface area contributed by atoms with Gasteiger partial charge in [-0.05, 0) is 29.7 Å². The van der Waals surface area contributed by atoms with Gasteiger partial charge in [-0.2, -0.15) is 11.8 Å². The summed E-state index contributed by atoms with van der Waals surface area (Å²) in [6, 6.07) is 27.0. The molecule has 6 rings (SSSR count). The smallest absolute Gasteiger partial charge is 0.217 e. The summed E-state index contributed by atoms with van der Waals surface area (Å²) in [6.45, 7) is 0. The molecular formula is C25H17N2O2PtS-. The zero-order valence-electron chi connectivity index (χ0n) is 16.3. The van der Waals surface area contributed by atoms with Gasteiger partial charge < -0.3 is 14.8 Å². The van der Waals surface area contributed by atoms with Gasteiger partial charge >= 0.3 is 0 Å². The molecule has 4 nitrogen and oxygen atoms in total. The Labute approximate surface area is 198 Å². The van der Waals surface area contributed by atoms with Crippen LogP contribution in [-0.4, -0.2) is 20.4 Å². The van der Waals surface area contributed by atoms with Crippen LogP contribution in [-0.2, 0) is 27.5 Å². The van der Waals surface area contributed by atoms with Crippen LogP contribution in [0.2, 0.25) is 0 Å². The van der Waals surface area contributed by atoms with E-state index in [1.165, 1.54) is 11.1 Å². The number of nitrogens with zero attached hydrogens (tertiary/aromatic N) is 2. The van der Waals surface area contributed by atoms with E-state index in [1.54, 1.807) is 18.2 Å². The number of rotatable bonds is 3. The van der Waals surface area contributed by atoms with E-state index in [0.29, 0.717) is 22.4 Å². The number of aromatic hydroxyl groups is 1. The van der Waals surface area contributed by atoms with Crippen molar-refractivity contribution < 1.29 is 30.9 Å². The summed E-state index contributed by atoms with van der Waals surface area (Å²) in [6.07, 6.45) is 1.05. The molecule has 0 unspecified atom stereocenters. The summed E-state index contributed by atoms with van der Waals surface area (Å²) in [4.78, 5) is 9.45. The van der Waals surface area contributed by atoms with Crippen molar-refractivity contribution in [3.8, 4) is 17.4 Å². The summed E-state index contributed by atoms with van der Waals surface area (Å²) < 4.78 is 5.95. The molecule has 3 aromatic carbocycles. The summed E-state index contributed by atoms with van der Waals surface area (Å²) in [5.74, 6) is 1.14. The Morgan fingerprint density at radius 2 is 1.84 bits per heavy atom. The van der Waals surface area contributed by atoms with Crippen molar-refractivity contribution in [2.75, 3.05) is 0 Å². The third kappa shape index (κ3) is 3.66. The minimum atomic E-state index is 0. The second kappa shape index (κ2) is 8.14. The minimum absolute atomic E-state index is 0. The molecule has 0 saturated heterocycles. The largest absolute Gasteiger partial charge is 0.506 e. The van der Waals surface area contributed by atoms with Crippen LogP contribution in [0.15, 0.2) is 77.8 Å². The molecular weight excluding hydrogens is 587 g/mol. The number of phenolic OH excluding ortho intramolecular Hbond substituents is 1. The summed E-state index contributed by atoms with van der Waals surface area (Å²) in [7, 11) is 0. The van der Waals surface area contributed by atoms with E-state index in [1.807, 2.05) is 42.1 Å². The van der Waals surface area contributed by atoms with E-state index >= 15 is 0 Å². The molecule has 1 aliphatic carbocycles. The zero-order chi connectivity index (χ0) is 20.1. The summed E-state index contributed by atoms with van der Waals surface area (Å²) in [5.41, 5.74) is 4.22. The molecule has 1 aromatic heterocycles. The quantitative estimate of drug-likeness (QED) is 0.306. The van der Waals surface area contributed by atoms with Gasteiger partial charge in [0.15, 0.2) is 0 Å². The van der Waals surface area contributed by atoms with E-state index in [0.717, 1.165) is 22.4 Å². The van der Waals surface area contributed by atoms with Gasteiger partial charge in [0.2, 0.25) is 5.88 Å². The van der Waals surface area contributed by atoms with Crippen LogP contribution in [0.1, 0.15) is 22.7 Å². The Kier molecular flexibility index (Phi) is 5.33. The van der Waals surface area contributed by atoms with Gasteiger partial charge in [0, 0.05) is 48.6 Å². The monoisotopic (exact) mass is 604 g/mol. The molecule has 2 aliphatic rings. The first kappa shape index (κ1) is 20.3. The van der Waals surface area contributed by atoms with Crippen molar-refractivity contribution >= 4 is 27.7 Å². The Hall–Kier alpha value is -2.62. The van der Waals surface area contributed by atoms with Crippen molar-refractivity contribution in [2.45, 2.75) is 17.7 Å². The van der Waals surface area contributed by atoms with E-state index < -0.39 is 0 Å². The van der Waals surface area contributed by atoms with E-state index in [9.17, 15) is 5.11 Å². The van der Waals surface area contributed by atoms with Crippen molar-refractivity contribution in [3.05, 3.63) is 95.6 Å². The third-order valence-corrected chi connectivity index (χ3v) is 6.83. The van der Waals surface area contributed by atoms with Crippen LogP contribution in [0.5, 0.6) is 17.4 Å². The maximum Gasteiger partial charge on any atom is 0.217 e. The van der Waals surface area contributed by atoms with Gasteiger partial charge in [-0.25, -0.2) is 4.98 Å². The molecule has 6 heteroatoms. The molecule has 0 fully saturated rings. The van der Waals surface area contributed by atoms with Gasteiger partial charge in [-0.3, -0.25) is 0 Å². The molecule has 4 aromatic rings. The first-order valence-corrected chi connectivity index (χ1v) is 10.7. The number of pyridine rings is 1. The normalized spacial score (nSPS) is 18.8. The number of para-hydroxylation sites is 1. The maximum atomic E-state index is 10.1. The fourth-order valence-electron chi connectivity index (χ4n) is 4.14. The molecule has 0 bridgehead atoms. The average molecular weight is 605 g/mol. The zero-order valence-corrected chi connectivity index (χ0v) is 19.4. The Bertz CT molecular complexity index is 1320. The third-order valence-electron chi connectivity index (χ3n) is 5.55. The van der Waals surface area contributed by atoms with Crippen molar-refractivity contribution in [1.82, 2.24) is 4.98 Å². The Morgan fingerprint density at radius 1 is 0.968 bits per heavy atom. The summed E-state index contributed by atoms with van der Waals surface area (Å²) in [5, 5.41) is 12.4. The first-order valence-electron chi connectivity index (χ1n) is 9.86. The Morgan fingerprint density at radius 3 is 2.77 bits per heavy atom. The van der Waals surface area contributed by atoms with Crippen LogP contribution in [0, 0.1) is 6.07 Å². The van der Waals surface area contributed by atoms with Gasteiger partial charge in [-0.15, -0.1) is 23.8 Å². The molecule has 31 heavy (non-hydrogen) atoms. The summed E-state index contributed by atoms with van der Waals surface area (Å²) >= 11 is 1.82. The van der Waals surface area contributed by atoms with Gasteiger partial charge in [0.25, 0.3) is 0 Å².